The lowest BCUT2D eigenvalue weighted by Crippen LogP contribution is -2.13. The summed E-state index contributed by atoms with van der Waals surface area (Å²) in [5.41, 5.74) is 9.80. The van der Waals surface area contributed by atoms with Crippen LogP contribution < -0.4 is 11.3 Å². The van der Waals surface area contributed by atoms with Crippen molar-refractivity contribution in [2.24, 2.45) is 5.73 Å². The molecule has 1 heterocycles. The first-order valence-electron chi connectivity index (χ1n) is 9.50. The molecule has 142 valence electrons. The van der Waals surface area contributed by atoms with Crippen LogP contribution in [0.3, 0.4) is 0 Å². The molecule has 3 N–H and O–H groups in total. The first-order chi connectivity index (χ1) is 13.0. The number of hydrogen-bond donors (Lipinski definition) is 2. The zero-order valence-corrected chi connectivity index (χ0v) is 16.3. The van der Waals surface area contributed by atoms with Gasteiger partial charge in [0.2, 0.25) is 5.91 Å². The molecule has 0 saturated heterocycles. The summed E-state index contributed by atoms with van der Waals surface area (Å²) in [6.07, 6.45) is 6.79. The van der Waals surface area contributed by atoms with Gasteiger partial charge in [-0.3, -0.25) is 9.59 Å². The van der Waals surface area contributed by atoms with Gasteiger partial charge >= 0.3 is 0 Å². The largest absolute Gasteiger partial charge is 0.370 e. The smallest absolute Gasteiger partial charge is 0.251 e. The lowest BCUT2D eigenvalue weighted by Gasteiger charge is -2.12. The Morgan fingerprint density at radius 3 is 2.67 bits per heavy atom. The monoisotopic (exact) mass is 384 g/mol. The van der Waals surface area contributed by atoms with E-state index >= 15 is 0 Å². The van der Waals surface area contributed by atoms with E-state index in [4.69, 9.17) is 17.3 Å². The quantitative estimate of drug-likeness (QED) is 0.655. The molecule has 5 heteroatoms. The Bertz CT molecular complexity index is 926. The predicted molar refractivity (Wildman–Crippen MR) is 110 cm³/mol. The van der Waals surface area contributed by atoms with Gasteiger partial charge in [-0.2, -0.15) is 0 Å². The van der Waals surface area contributed by atoms with Gasteiger partial charge in [0.15, 0.2) is 0 Å². The Balaban J connectivity index is 1.95. The molecule has 0 unspecified atom stereocenters. The van der Waals surface area contributed by atoms with Crippen LogP contribution in [0.1, 0.15) is 67.3 Å². The predicted octanol–water partition coefficient (Wildman–Crippen LogP) is 4.56. The van der Waals surface area contributed by atoms with E-state index in [0.717, 1.165) is 52.2 Å². The zero-order valence-electron chi connectivity index (χ0n) is 15.6. The van der Waals surface area contributed by atoms with Crippen molar-refractivity contribution in [2.75, 3.05) is 0 Å². The summed E-state index contributed by atoms with van der Waals surface area (Å²) >= 11 is 6.41. The minimum Gasteiger partial charge on any atom is -0.370 e. The standard InChI is InChI=1S/C22H25ClN2O2/c1-2-14-7-10-16(13-19(14)23)17(5-3-4-6-21(24)26)20-12-11-18(15-8-9-15)22(27)25-20/h5,7,10-13,15H,2-4,6,8-9H2,1H3,(H2,24,26)(H,25,27)/b17-5+. The minimum absolute atomic E-state index is 0.0192. The normalized spacial score (nSPS) is 14.4. The first kappa shape index (κ1) is 19.4. The highest BCUT2D eigenvalue weighted by Gasteiger charge is 2.26. The van der Waals surface area contributed by atoms with Gasteiger partial charge in [-0.25, -0.2) is 0 Å². The Hall–Kier alpha value is -2.33. The summed E-state index contributed by atoms with van der Waals surface area (Å²) in [7, 11) is 0. The van der Waals surface area contributed by atoms with Gasteiger partial charge in [-0.05, 0) is 61.3 Å². The topological polar surface area (TPSA) is 76.0 Å². The van der Waals surface area contributed by atoms with Gasteiger partial charge in [0.25, 0.3) is 5.56 Å². The number of aryl methyl sites for hydroxylation is 1. The fourth-order valence-corrected chi connectivity index (χ4v) is 3.58. The van der Waals surface area contributed by atoms with E-state index in [9.17, 15) is 9.59 Å². The van der Waals surface area contributed by atoms with Gasteiger partial charge in [0.05, 0.1) is 0 Å². The SMILES string of the molecule is CCc1ccc(/C(=C\CCCC(N)=O)c2ccc(C3CC3)c(=O)[nH]2)cc1Cl. The van der Waals surface area contributed by atoms with Crippen LogP contribution in [-0.2, 0) is 11.2 Å². The lowest BCUT2D eigenvalue weighted by atomic mass is 9.97. The van der Waals surface area contributed by atoms with Crippen molar-refractivity contribution in [1.29, 1.82) is 0 Å². The number of nitrogens with one attached hydrogen (secondary N) is 1. The van der Waals surface area contributed by atoms with Crippen molar-refractivity contribution in [2.45, 2.75) is 51.4 Å². The van der Waals surface area contributed by atoms with E-state index in [0.29, 0.717) is 25.2 Å². The molecule has 0 spiro atoms. The van der Waals surface area contributed by atoms with Gasteiger partial charge in [-0.15, -0.1) is 0 Å². The number of carbonyl (C=O) groups is 1. The summed E-state index contributed by atoms with van der Waals surface area (Å²) < 4.78 is 0. The number of allylic oxidation sites excluding steroid dienone is 1. The number of aromatic amines is 1. The summed E-state index contributed by atoms with van der Waals surface area (Å²) in [4.78, 5) is 26.5. The molecule has 1 aliphatic rings. The number of carbonyl (C=O) groups excluding carboxylic acids is 1. The molecule has 1 aromatic carbocycles. The number of hydrogen-bond acceptors (Lipinski definition) is 2. The van der Waals surface area contributed by atoms with Crippen molar-refractivity contribution in [3.05, 3.63) is 74.2 Å². The molecule has 1 saturated carbocycles. The van der Waals surface area contributed by atoms with E-state index in [1.54, 1.807) is 0 Å². The number of rotatable bonds is 8. The average molecular weight is 385 g/mol. The molecule has 2 aromatic rings. The van der Waals surface area contributed by atoms with E-state index in [2.05, 4.69) is 11.9 Å². The molecule has 1 amide bonds. The van der Waals surface area contributed by atoms with Gasteiger partial charge in [0, 0.05) is 28.3 Å². The molecule has 0 bridgehead atoms. The van der Waals surface area contributed by atoms with Crippen LogP contribution in [0.4, 0.5) is 0 Å². The number of primary amides is 1. The Morgan fingerprint density at radius 1 is 1.30 bits per heavy atom. The second-order valence-electron chi connectivity index (χ2n) is 7.07. The van der Waals surface area contributed by atoms with Crippen LogP contribution in [0.2, 0.25) is 5.02 Å². The maximum absolute atomic E-state index is 12.5. The Morgan fingerprint density at radius 2 is 2.07 bits per heavy atom. The van der Waals surface area contributed by atoms with Crippen LogP contribution in [0, 0.1) is 0 Å². The van der Waals surface area contributed by atoms with Crippen LogP contribution in [-0.4, -0.2) is 10.9 Å². The van der Waals surface area contributed by atoms with E-state index in [1.807, 2.05) is 36.4 Å². The molecule has 4 nitrogen and oxygen atoms in total. The van der Waals surface area contributed by atoms with Crippen molar-refractivity contribution in [3.63, 3.8) is 0 Å². The molecular weight excluding hydrogens is 360 g/mol. The second kappa shape index (κ2) is 8.57. The number of amides is 1. The molecule has 3 rings (SSSR count). The van der Waals surface area contributed by atoms with Crippen molar-refractivity contribution in [3.8, 4) is 0 Å². The average Bonchev–Trinajstić information content (AvgIpc) is 3.46. The van der Waals surface area contributed by atoms with E-state index in [-0.39, 0.29) is 11.5 Å². The number of halogens is 1. The maximum atomic E-state index is 12.5. The first-order valence-corrected chi connectivity index (χ1v) is 9.88. The van der Waals surface area contributed by atoms with Crippen molar-refractivity contribution < 1.29 is 4.79 Å². The molecule has 0 aliphatic heterocycles. The third-order valence-corrected chi connectivity index (χ3v) is 5.32. The lowest BCUT2D eigenvalue weighted by molar-refractivity contribution is -0.118. The number of H-pyrrole nitrogens is 1. The molecule has 1 fully saturated rings. The molecule has 0 atom stereocenters. The third-order valence-electron chi connectivity index (χ3n) is 4.97. The number of unbranched alkanes of at least 4 members (excludes halogenated alkanes) is 1. The number of pyridine rings is 1. The summed E-state index contributed by atoms with van der Waals surface area (Å²) in [5.74, 6) is 0.103. The molecule has 27 heavy (non-hydrogen) atoms. The number of aromatic nitrogens is 1. The maximum Gasteiger partial charge on any atom is 0.251 e. The Kier molecular flexibility index (Phi) is 6.17. The summed E-state index contributed by atoms with van der Waals surface area (Å²) in [6.45, 7) is 2.07. The van der Waals surface area contributed by atoms with Crippen LogP contribution in [0.25, 0.3) is 5.57 Å². The highest BCUT2D eigenvalue weighted by Crippen LogP contribution is 2.38. The van der Waals surface area contributed by atoms with Gasteiger partial charge in [-0.1, -0.05) is 42.8 Å². The van der Waals surface area contributed by atoms with E-state index < -0.39 is 0 Å². The molecule has 1 aromatic heterocycles. The van der Waals surface area contributed by atoms with Gasteiger partial charge < -0.3 is 10.7 Å². The van der Waals surface area contributed by atoms with Crippen LogP contribution in [0.5, 0.6) is 0 Å². The molecule has 0 radical (unpaired) electrons. The van der Waals surface area contributed by atoms with Crippen molar-refractivity contribution >= 4 is 23.1 Å². The fraction of sp³-hybridized carbons (Fsp3) is 0.364. The van der Waals surface area contributed by atoms with E-state index in [1.165, 1.54) is 0 Å². The summed E-state index contributed by atoms with van der Waals surface area (Å²) in [5, 5.41) is 0.718. The third kappa shape index (κ3) is 4.89. The fourth-order valence-electron chi connectivity index (χ4n) is 3.27. The number of benzene rings is 1. The summed E-state index contributed by atoms with van der Waals surface area (Å²) in [6, 6.07) is 9.89. The zero-order chi connectivity index (χ0) is 19.4. The number of nitrogens with two attached hydrogens (primary N) is 1. The van der Waals surface area contributed by atoms with Crippen LogP contribution >= 0.6 is 11.6 Å². The second-order valence-corrected chi connectivity index (χ2v) is 7.47. The van der Waals surface area contributed by atoms with Crippen molar-refractivity contribution in [1.82, 2.24) is 4.98 Å². The molecular formula is C22H25ClN2O2. The Labute approximate surface area is 164 Å². The van der Waals surface area contributed by atoms with Crippen LogP contribution in [0.15, 0.2) is 41.2 Å². The highest BCUT2D eigenvalue weighted by molar-refractivity contribution is 6.31. The minimum atomic E-state index is -0.303. The molecule has 1 aliphatic carbocycles. The van der Waals surface area contributed by atoms with Gasteiger partial charge in [0.1, 0.15) is 0 Å². The highest BCUT2D eigenvalue weighted by atomic mass is 35.5.